The maximum absolute atomic E-state index is 12.4. The molecule has 130 valence electrons. The summed E-state index contributed by atoms with van der Waals surface area (Å²) < 4.78 is 11.6. The Kier molecular flexibility index (Phi) is 4.35. The first-order valence-corrected chi connectivity index (χ1v) is 9.18. The number of fused-ring (bicyclic) bond motifs is 1. The molecule has 3 aliphatic rings. The van der Waals surface area contributed by atoms with Crippen LogP contribution in [-0.2, 0) is 4.79 Å². The molecule has 2 heterocycles. The lowest BCUT2D eigenvalue weighted by molar-refractivity contribution is -0.126. The third-order valence-electron chi connectivity index (χ3n) is 5.25. The number of ether oxygens (including phenoxy) is 2. The summed E-state index contributed by atoms with van der Waals surface area (Å²) in [5.41, 5.74) is 1.22. The number of benzene rings is 1. The minimum absolute atomic E-state index is 0.0888. The molecule has 1 amide bonds. The maximum atomic E-state index is 12.4. The van der Waals surface area contributed by atoms with Crippen LogP contribution < -0.4 is 14.8 Å². The Labute approximate surface area is 143 Å². The highest BCUT2D eigenvalue weighted by atomic mass is 16.5. The van der Waals surface area contributed by atoms with Gasteiger partial charge in [-0.2, -0.15) is 0 Å². The van der Waals surface area contributed by atoms with E-state index in [2.05, 4.69) is 22.3 Å². The largest absolute Gasteiger partial charge is 0.490 e. The predicted octanol–water partition coefficient (Wildman–Crippen LogP) is 2.65. The van der Waals surface area contributed by atoms with Crippen molar-refractivity contribution in [2.24, 2.45) is 0 Å². The minimum atomic E-state index is -0.0888. The second-order valence-corrected chi connectivity index (χ2v) is 7.11. The van der Waals surface area contributed by atoms with Gasteiger partial charge in [0.25, 0.3) is 0 Å². The van der Waals surface area contributed by atoms with Gasteiger partial charge in [-0.1, -0.05) is 6.07 Å². The van der Waals surface area contributed by atoms with Gasteiger partial charge in [0.15, 0.2) is 11.5 Å². The number of hydrogen-bond donors (Lipinski definition) is 1. The summed E-state index contributed by atoms with van der Waals surface area (Å²) in [5.74, 6) is 1.84. The monoisotopic (exact) mass is 330 g/mol. The quantitative estimate of drug-likeness (QED) is 0.922. The zero-order valence-corrected chi connectivity index (χ0v) is 14.3. The molecule has 0 spiro atoms. The Hall–Kier alpha value is -1.75. The summed E-state index contributed by atoms with van der Waals surface area (Å²) >= 11 is 0. The molecule has 2 aliphatic heterocycles. The van der Waals surface area contributed by atoms with E-state index in [1.165, 1.54) is 5.56 Å². The molecule has 4 rings (SSSR count). The Bertz CT molecular complexity index is 615. The molecule has 2 fully saturated rings. The number of carbonyl (C=O) groups excluding carboxylic acids is 1. The molecule has 1 saturated heterocycles. The van der Waals surface area contributed by atoms with E-state index in [-0.39, 0.29) is 18.0 Å². The molecule has 1 N–H and O–H groups in total. The molecule has 0 aromatic heterocycles. The molecule has 0 bridgehead atoms. The van der Waals surface area contributed by atoms with Crippen molar-refractivity contribution in [2.45, 2.75) is 57.2 Å². The smallest absolute Gasteiger partial charge is 0.237 e. The first-order chi connectivity index (χ1) is 11.7. The molecular formula is C19H26N2O3. The fourth-order valence-electron chi connectivity index (χ4n) is 3.70. The van der Waals surface area contributed by atoms with Gasteiger partial charge in [-0.3, -0.25) is 9.69 Å². The molecule has 5 nitrogen and oxygen atoms in total. The van der Waals surface area contributed by atoms with Crippen LogP contribution in [-0.4, -0.2) is 42.6 Å². The van der Waals surface area contributed by atoms with Crippen LogP contribution >= 0.6 is 0 Å². The molecule has 1 aliphatic carbocycles. The van der Waals surface area contributed by atoms with Gasteiger partial charge in [0.05, 0.1) is 19.3 Å². The van der Waals surface area contributed by atoms with Crippen molar-refractivity contribution in [3.05, 3.63) is 23.8 Å². The van der Waals surface area contributed by atoms with E-state index < -0.39 is 0 Å². The lowest BCUT2D eigenvalue weighted by Crippen LogP contribution is -2.45. The number of hydrogen-bond acceptors (Lipinski definition) is 4. The van der Waals surface area contributed by atoms with Crippen LogP contribution in [0.25, 0.3) is 0 Å². The van der Waals surface area contributed by atoms with Crippen LogP contribution in [0.4, 0.5) is 0 Å². The summed E-state index contributed by atoms with van der Waals surface area (Å²) in [6.45, 7) is 4.41. The van der Waals surface area contributed by atoms with Gasteiger partial charge in [0.2, 0.25) is 5.91 Å². The van der Waals surface area contributed by atoms with Gasteiger partial charge < -0.3 is 14.8 Å². The van der Waals surface area contributed by atoms with Crippen molar-refractivity contribution in [2.75, 3.05) is 19.8 Å². The van der Waals surface area contributed by atoms with Gasteiger partial charge in [0.1, 0.15) is 0 Å². The molecule has 1 aromatic rings. The van der Waals surface area contributed by atoms with Crippen LogP contribution in [0.5, 0.6) is 11.5 Å². The zero-order chi connectivity index (χ0) is 16.5. The number of rotatable bonds is 4. The molecule has 0 radical (unpaired) electrons. The van der Waals surface area contributed by atoms with Crippen LogP contribution in [0.3, 0.4) is 0 Å². The minimum Gasteiger partial charge on any atom is -0.490 e. The summed E-state index contributed by atoms with van der Waals surface area (Å²) in [6, 6.07) is 6.86. The molecule has 1 saturated carbocycles. The molecular weight excluding hydrogens is 304 g/mol. The average molecular weight is 330 g/mol. The first-order valence-electron chi connectivity index (χ1n) is 9.18. The number of carbonyl (C=O) groups is 1. The Balaban J connectivity index is 1.51. The van der Waals surface area contributed by atoms with E-state index >= 15 is 0 Å². The van der Waals surface area contributed by atoms with Crippen molar-refractivity contribution >= 4 is 5.91 Å². The molecule has 1 aromatic carbocycles. The van der Waals surface area contributed by atoms with E-state index in [0.717, 1.165) is 50.1 Å². The fourth-order valence-corrected chi connectivity index (χ4v) is 3.70. The SMILES string of the molecule is C[C@@H](C(=O)NC1CC1)N1CCC[C@@H]1c1ccc2c(c1)OCCCO2. The number of nitrogens with zero attached hydrogens (tertiary/aromatic N) is 1. The third kappa shape index (κ3) is 3.22. The molecule has 5 heteroatoms. The normalized spacial score (nSPS) is 25.1. The van der Waals surface area contributed by atoms with Crippen molar-refractivity contribution in [3.63, 3.8) is 0 Å². The fraction of sp³-hybridized carbons (Fsp3) is 0.632. The molecule has 0 unspecified atom stereocenters. The maximum Gasteiger partial charge on any atom is 0.237 e. The number of nitrogens with one attached hydrogen (secondary N) is 1. The number of likely N-dealkylation sites (tertiary alicyclic amines) is 1. The summed E-state index contributed by atoms with van der Waals surface area (Å²) in [4.78, 5) is 14.8. The van der Waals surface area contributed by atoms with E-state index in [9.17, 15) is 4.79 Å². The van der Waals surface area contributed by atoms with Crippen LogP contribution in [0, 0.1) is 0 Å². The highest BCUT2D eigenvalue weighted by Crippen LogP contribution is 2.38. The first kappa shape index (κ1) is 15.8. The van der Waals surface area contributed by atoms with Crippen LogP contribution in [0.2, 0.25) is 0 Å². The second kappa shape index (κ2) is 6.63. The van der Waals surface area contributed by atoms with Crippen molar-refractivity contribution < 1.29 is 14.3 Å². The van der Waals surface area contributed by atoms with E-state index in [1.807, 2.05) is 13.0 Å². The van der Waals surface area contributed by atoms with E-state index in [0.29, 0.717) is 19.3 Å². The molecule has 24 heavy (non-hydrogen) atoms. The van der Waals surface area contributed by atoms with Gasteiger partial charge in [0, 0.05) is 18.5 Å². The summed E-state index contributed by atoms with van der Waals surface area (Å²) in [5, 5.41) is 3.14. The Morgan fingerprint density at radius 3 is 2.75 bits per heavy atom. The summed E-state index contributed by atoms with van der Waals surface area (Å²) in [6.07, 6.45) is 5.38. The van der Waals surface area contributed by atoms with E-state index in [1.54, 1.807) is 0 Å². The van der Waals surface area contributed by atoms with Crippen molar-refractivity contribution in [3.8, 4) is 11.5 Å². The third-order valence-corrected chi connectivity index (χ3v) is 5.25. The van der Waals surface area contributed by atoms with E-state index in [4.69, 9.17) is 9.47 Å². The summed E-state index contributed by atoms with van der Waals surface area (Å²) in [7, 11) is 0. The lowest BCUT2D eigenvalue weighted by atomic mass is 10.0. The average Bonchev–Trinajstić information content (AvgIpc) is 3.32. The predicted molar refractivity (Wildman–Crippen MR) is 91.4 cm³/mol. The Morgan fingerprint density at radius 2 is 1.96 bits per heavy atom. The Morgan fingerprint density at radius 1 is 1.17 bits per heavy atom. The van der Waals surface area contributed by atoms with Crippen molar-refractivity contribution in [1.82, 2.24) is 10.2 Å². The van der Waals surface area contributed by atoms with Gasteiger partial charge in [-0.05, 0) is 56.8 Å². The lowest BCUT2D eigenvalue weighted by Gasteiger charge is -2.30. The van der Waals surface area contributed by atoms with Gasteiger partial charge in [-0.15, -0.1) is 0 Å². The van der Waals surface area contributed by atoms with Crippen LogP contribution in [0.1, 0.15) is 50.6 Å². The van der Waals surface area contributed by atoms with Crippen LogP contribution in [0.15, 0.2) is 18.2 Å². The topological polar surface area (TPSA) is 50.8 Å². The highest BCUT2D eigenvalue weighted by molar-refractivity contribution is 5.82. The second-order valence-electron chi connectivity index (χ2n) is 7.11. The molecule has 2 atom stereocenters. The number of amides is 1. The van der Waals surface area contributed by atoms with Gasteiger partial charge in [-0.25, -0.2) is 0 Å². The van der Waals surface area contributed by atoms with Gasteiger partial charge >= 0.3 is 0 Å². The zero-order valence-electron chi connectivity index (χ0n) is 14.3. The highest BCUT2D eigenvalue weighted by Gasteiger charge is 2.35. The van der Waals surface area contributed by atoms with Crippen molar-refractivity contribution in [1.29, 1.82) is 0 Å². The standard InChI is InChI=1S/C19H26N2O3/c1-13(19(22)20-15-6-7-15)21-9-2-4-16(21)14-5-8-17-18(12-14)24-11-3-10-23-17/h5,8,12-13,15-16H,2-4,6-7,9-11H2,1H3,(H,20,22)/t13-,16+/m0/s1.